The molecule has 7 nitrogen and oxygen atoms in total. The summed E-state index contributed by atoms with van der Waals surface area (Å²) in [7, 11) is 2.16. The third kappa shape index (κ3) is 3.75. The second-order valence-electron chi connectivity index (χ2n) is 6.91. The molecular formula is C19H24N5O2+. The first kappa shape index (κ1) is 18.1. The van der Waals surface area contributed by atoms with Gasteiger partial charge in [0.05, 0.1) is 56.4 Å². The number of hydrogen-bond donors (Lipinski definition) is 1. The summed E-state index contributed by atoms with van der Waals surface area (Å²) in [6, 6.07) is 9.58. The summed E-state index contributed by atoms with van der Waals surface area (Å²) in [5.41, 5.74) is 1.81. The molecule has 1 aliphatic heterocycles. The normalized spacial score (nSPS) is 16.5. The Morgan fingerprint density at radius 2 is 1.85 bits per heavy atom. The zero-order valence-electron chi connectivity index (χ0n) is 15.4. The Morgan fingerprint density at radius 1 is 1.23 bits per heavy atom. The monoisotopic (exact) mass is 354 g/mol. The Hall–Kier alpha value is -2.72. The number of rotatable bonds is 4. The van der Waals surface area contributed by atoms with Crippen molar-refractivity contribution in [2.75, 3.05) is 38.1 Å². The summed E-state index contributed by atoms with van der Waals surface area (Å²) in [4.78, 5) is 25.4. The minimum Gasteiger partial charge on any atom is -0.462 e. The molecule has 1 aromatic heterocycles. The van der Waals surface area contributed by atoms with Crippen LogP contribution in [-0.4, -0.2) is 55.3 Å². The van der Waals surface area contributed by atoms with Gasteiger partial charge < -0.3 is 14.5 Å². The standard InChI is InChI=1S/C19H23N5O2/c1-13(2)26-19(25)14(12-20)17-18(24-10-8-23(3)9-11-24)22-16-7-5-4-6-15(16)21-17/h4-7,13-14H,8-11H2,1-3H3/p+1/t14-/m1/s1. The quantitative estimate of drug-likeness (QED) is 0.806. The first-order chi connectivity index (χ1) is 12.5. The van der Waals surface area contributed by atoms with Crippen molar-refractivity contribution in [1.82, 2.24) is 9.97 Å². The van der Waals surface area contributed by atoms with Crippen molar-refractivity contribution in [3.63, 3.8) is 0 Å². The maximum absolute atomic E-state index is 12.5. The number of anilines is 1. The molecule has 1 saturated heterocycles. The highest BCUT2D eigenvalue weighted by Crippen LogP contribution is 2.28. The lowest BCUT2D eigenvalue weighted by Gasteiger charge is -2.32. The van der Waals surface area contributed by atoms with E-state index in [1.54, 1.807) is 13.8 Å². The number of para-hydroxylation sites is 2. The number of esters is 1. The zero-order chi connectivity index (χ0) is 18.7. The van der Waals surface area contributed by atoms with E-state index < -0.39 is 11.9 Å². The molecule has 1 N–H and O–H groups in total. The number of carbonyl (C=O) groups is 1. The second kappa shape index (κ2) is 7.67. The lowest BCUT2D eigenvalue weighted by Crippen LogP contribution is -3.12. The van der Waals surface area contributed by atoms with Crippen LogP contribution in [0, 0.1) is 11.3 Å². The Morgan fingerprint density at radius 3 is 2.42 bits per heavy atom. The lowest BCUT2D eigenvalue weighted by molar-refractivity contribution is -0.880. The molecule has 136 valence electrons. The predicted octanol–water partition coefficient (Wildman–Crippen LogP) is 0.523. The van der Waals surface area contributed by atoms with Crippen molar-refractivity contribution in [3.05, 3.63) is 30.0 Å². The van der Waals surface area contributed by atoms with Crippen LogP contribution in [0.15, 0.2) is 24.3 Å². The highest BCUT2D eigenvalue weighted by molar-refractivity contribution is 5.85. The van der Waals surface area contributed by atoms with Crippen LogP contribution in [0.1, 0.15) is 25.5 Å². The van der Waals surface area contributed by atoms with E-state index in [2.05, 4.69) is 23.0 Å². The maximum atomic E-state index is 12.5. The molecule has 7 heteroatoms. The number of ether oxygens (including phenoxy) is 1. The molecule has 1 atom stereocenters. The van der Waals surface area contributed by atoms with Gasteiger partial charge in [0.1, 0.15) is 5.69 Å². The van der Waals surface area contributed by atoms with Gasteiger partial charge in [-0.05, 0) is 26.0 Å². The van der Waals surface area contributed by atoms with Gasteiger partial charge in [0.15, 0.2) is 11.7 Å². The molecular weight excluding hydrogens is 330 g/mol. The summed E-state index contributed by atoms with van der Waals surface area (Å²) >= 11 is 0. The Labute approximate surface area is 153 Å². The number of nitriles is 1. The predicted molar refractivity (Wildman–Crippen MR) is 98.0 cm³/mol. The van der Waals surface area contributed by atoms with E-state index in [4.69, 9.17) is 9.72 Å². The molecule has 0 unspecified atom stereocenters. The molecule has 0 aliphatic carbocycles. The summed E-state index contributed by atoms with van der Waals surface area (Å²) < 4.78 is 5.28. The first-order valence-electron chi connectivity index (χ1n) is 8.92. The minimum atomic E-state index is -1.09. The molecule has 0 bridgehead atoms. The van der Waals surface area contributed by atoms with Crippen LogP contribution in [0.4, 0.5) is 5.82 Å². The number of piperazine rings is 1. The Kier molecular flexibility index (Phi) is 5.33. The minimum absolute atomic E-state index is 0.289. The number of likely N-dealkylation sites (N-methyl/N-ethyl adjacent to an activating group) is 1. The van der Waals surface area contributed by atoms with E-state index in [0.717, 1.165) is 31.7 Å². The van der Waals surface area contributed by atoms with Crippen LogP contribution in [0.3, 0.4) is 0 Å². The zero-order valence-corrected chi connectivity index (χ0v) is 15.4. The SMILES string of the molecule is CC(C)OC(=O)[C@H](C#N)c1nc2ccccc2nc1N1CC[NH+](C)CC1. The maximum Gasteiger partial charge on any atom is 0.329 e. The fourth-order valence-electron chi connectivity index (χ4n) is 3.06. The summed E-state index contributed by atoms with van der Waals surface area (Å²) in [5.74, 6) is -1.05. The molecule has 26 heavy (non-hydrogen) atoms. The van der Waals surface area contributed by atoms with E-state index in [-0.39, 0.29) is 6.10 Å². The van der Waals surface area contributed by atoms with Gasteiger partial charge in [0, 0.05) is 0 Å². The van der Waals surface area contributed by atoms with Crippen molar-refractivity contribution in [2.24, 2.45) is 0 Å². The molecule has 0 saturated carbocycles. The van der Waals surface area contributed by atoms with Gasteiger partial charge in [-0.2, -0.15) is 5.26 Å². The largest absolute Gasteiger partial charge is 0.462 e. The van der Waals surface area contributed by atoms with E-state index in [1.165, 1.54) is 4.90 Å². The van der Waals surface area contributed by atoms with Gasteiger partial charge in [-0.3, -0.25) is 4.79 Å². The molecule has 1 fully saturated rings. The van der Waals surface area contributed by atoms with Crippen LogP contribution in [0.25, 0.3) is 11.0 Å². The smallest absolute Gasteiger partial charge is 0.329 e. The fraction of sp³-hybridized carbons (Fsp3) is 0.474. The summed E-state index contributed by atoms with van der Waals surface area (Å²) in [5, 5.41) is 9.66. The molecule has 3 rings (SSSR count). The van der Waals surface area contributed by atoms with Crippen molar-refractivity contribution < 1.29 is 14.4 Å². The van der Waals surface area contributed by atoms with Gasteiger partial charge in [-0.15, -0.1) is 0 Å². The van der Waals surface area contributed by atoms with E-state index >= 15 is 0 Å². The number of quaternary nitrogens is 1. The number of nitrogens with zero attached hydrogens (tertiary/aromatic N) is 4. The molecule has 0 spiro atoms. The third-order valence-electron chi connectivity index (χ3n) is 4.48. The van der Waals surface area contributed by atoms with Crippen LogP contribution in [0.2, 0.25) is 0 Å². The van der Waals surface area contributed by atoms with Crippen molar-refractivity contribution >= 4 is 22.8 Å². The summed E-state index contributed by atoms with van der Waals surface area (Å²) in [6.45, 7) is 7.10. The molecule has 2 aromatic rings. The Balaban J connectivity index is 2.07. The number of fused-ring (bicyclic) bond motifs is 1. The number of nitrogens with one attached hydrogen (secondary N) is 1. The van der Waals surface area contributed by atoms with Gasteiger partial charge in [-0.25, -0.2) is 9.97 Å². The third-order valence-corrected chi connectivity index (χ3v) is 4.48. The van der Waals surface area contributed by atoms with Gasteiger partial charge in [-0.1, -0.05) is 12.1 Å². The molecule has 2 heterocycles. The van der Waals surface area contributed by atoms with Gasteiger partial charge in [0.25, 0.3) is 0 Å². The average Bonchev–Trinajstić information content (AvgIpc) is 2.62. The number of aromatic nitrogens is 2. The van der Waals surface area contributed by atoms with Crippen molar-refractivity contribution in [3.8, 4) is 6.07 Å². The number of benzene rings is 1. The van der Waals surface area contributed by atoms with E-state index in [0.29, 0.717) is 17.0 Å². The number of carbonyl (C=O) groups excluding carboxylic acids is 1. The molecule has 0 radical (unpaired) electrons. The topological polar surface area (TPSA) is 83.5 Å². The first-order valence-corrected chi connectivity index (χ1v) is 8.92. The van der Waals surface area contributed by atoms with Crippen molar-refractivity contribution in [2.45, 2.75) is 25.9 Å². The van der Waals surface area contributed by atoms with Crippen LogP contribution < -0.4 is 9.80 Å². The molecule has 0 amide bonds. The average molecular weight is 354 g/mol. The van der Waals surface area contributed by atoms with Gasteiger partial charge in [0.2, 0.25) is 0 Å². The van der Waals surface area contributed by atoms with Gasteiger partial charge >= 0.3 is 5.97 Å². The van der Waals surface area contributed by atoms with Crippen molar-refractivity contribution in [1.29, 1.82) is 5.26 Å². The van der Waals surface area contributed by atoms with E-state index in [1.807, 2.05) is 24.3 Å². The number of hydrogen-bond acceptors (Lipinski definition) is 6. The molecule has 1 aliphatic rings. The fourth-order valence-corrected chi connectivity index (χ4v) is 3.06. The van der Waals surface area contributed by atoms with Crippen LogP contribution in [-0.2, 0) is 9.53 Å². The van der Waals surface area contributed by atoms with E-state index in [9.17, 15) is 10.1 Å². The second-order valence-corrected chi connectivity index (χ2v) is 6.91. The lowest BCUT2D eigenvalue weighted by atomic mass is 10.1. The highest BCUT2D eigenvalue weighted by atomic mass is 16.5. The van der Waals surface area contributed by atoms with Crippen LogP contribution >= 0.6 is 0 Å². The molecule has 1 aromatic carbocycles. The highest BCUT2D eigenvalue weighted by Gasteiger charge is 2.31. The van der Waals surface area contributed by atoms with Crippen LogP contribution in [0.5, 0.6) is 0 Å². The Bertz CT molecular complexity index is 837. The summed E-state index contributed by atoms with van der Waals surface area (Å²) in [6.07, 6.45) is -0.289.